The normalized spacial score (nSPS) is 14.9. The fourth-order valence-electron chi connectivity index (χ4n) is 2.09. The van der Waals surface area contributed by atoms with Gasteiger partial charge in [-0.05, 0) is 19.8 Å². The summed E-state index contributed by atoms with van der Waals surface area (Å²) < 4.78 is 5.16. The molecule has 0 aromatic carbocycles. The molecule has 0 bridgehead atoms. The Morgan fingerprint density at radius 1 is 1.25 bits per heavy atom. The lowest BCUT2D eigenvalue weighted by atomic mass is 9.86. The number of aliphatic hydroxyl groups excluding tert-OH is 1. The van der Waals surface area contributed by atoms with Crippen molar-refractivity contribution in [3.05, 3.63) is 17.6 Å². The minimum absolute atomic E-state index is 0.0110. The fourth-order valence-corrected chi connectivity index (χ4v) is 2.09. The first-order valence-corrected chi connectivity index (χ1v) is 5.52. The second kappa shape index (κ2) is 5.25. The molecule has 1 rings (SSSR count). The van der Waals surface area contributed by atoms with Crippen LogP contribution < -0.4 is 4.74 Å². The quantitative estimate of drug-likeness (QED) is 0.848. The Labute approximate surface area is 96.7 Å². The third-order valence-corrected chi connectivity index (χ3v) is 2.82. The molecular weight excluding hydrogens is 204 g/mol. The van der Waals surface area contributed by atoms with E-state index in [4.69, 9.17) is 4.74 Å². The number of ether oxygens (including phenoxy) is 1. The molecule has 0 saturated carbocycles. The van der Waals surface area contributed by atoms with E-state index in [2.05, 4.69) is 23.8 Å². The van der Waals surface area contributed by atoms with E-state index < -0.39 is 6.10 Å². The summed E-state index contributed by atoms with van der Waals surface area (Å²) in [5.41, 5.74) is 1.78. The van der Waals surface area contributed by atoms with Crippen molar-refractivity contribution in [1.82, 2.24) is 9.97 Å². The third kappa shape index (κ3) is 2.50. The van der Waals surface area contributed by atoms with Crippen LogP contribution in [0.2, 0.25) is 0 Å². The Bertz CT molecular complexity index is 343. The van der Waals surface area contributed by atoms with Crippen molar-refractivity contribution in [3.63, 3.8) is 0 Å². The molecule has 0 aliphatic carbocycles. The molecule has 4 nitrogen and oxygen atoms in total. The molecule has 1 heterocycles. The first-order chi connectivity index (χ1) is 7.49. The second-order valence-electron chi connectivity index (χ2n) is 4.40. The van der Waals surface area contributed by atoms with Crippen LogP contribution in [0.3, 0.4) is 0 Å². The minimum atomic E-state index is -0.432. The molecule has 1 aromatic rings. The largest absolute Gasteiger partial charge is 0.481 e. The van der Waals surface area contributed by atoms with E-state index in [0.717, 1.165) is 11.3 Å². The molecule has 0 amide bonds. The van der Waals surface area contributed by atoms with Gasteiger partial charge in [-0.25, -0.2) is 9.97 Å². The van der Waals surface area contributed by atoms with Gasteiger partial charge in [-0.1, -0.05) is 13.8 Å². The Kier molecular flexibility index (Phi) is 4.24. The fraction of sp³-hybridized carbons (Fsp3) is 0.667. The lowest BCUT2D eigenvalue weighted by molar-refractivity contribution is 0.137. The lowest BCUT2D eigenvalue weighted by Crippen LogP contribution is -2.22. The summed E-state index contributed by atoms with van der Waals surface area (Å²) in [5, 5.41) is 9.82. The van der Waals surface area contributed by atoms with Gasteiger partial charge in [0, 0.05) is 11.5 Å². The molecule has 90 valence electrons. The standard InChI is InChI=1S/C12H20N2O2/c1-7(2)10(9(4)15)11-8(3)12(16-5)14-6-13-11/h6-7,9-10,15H,1-5H3. The van der Waals surface area contributed by atoms with Gasteiger partial charge in [0.1, 0.15) is 6.33 Å². The van der Waals surface area contributed by atoms with Crippen molar-refractivity contribution in [3.8, 4) is 5.88 Å². The average Bonchev–Trinajstić information content (AvgIpc) is 2.20. The zero-order chi connectivity index (χ0) is 12.3. The van der Waals surface area contributed by atoms with Crippen LogP contribution in [0.5, 0.6) is 5.88 Å². The van der Waals surface area contributed by atoms with Crippen LogP contribution in [0.4, 0.5) is 0 Å². The van der Waals surface area contributed by atoms with Crippen molar-refractivity contribution < 1.29 is 9.84 Å². The topological polar surface area (TPSA) is 55.2 Å². The first-order valence-electron chi connectivity index (χ1n) is 5.52. The summed E-state index contributed by atoms with van der Waals surface area (Å²) in [7, 11) is 1.59. The third-order valence-electron chi connectivity index (χ3n) is 2.82. The molecule has 0 saturated heterocycles. The van der Waals surface area contributed by atoms with Crippen LogP contribution in [-0.2, 0) is 0 Å². The molecule has 0 fully saturated rings. The predicted octanol–water partition coefficient (Wildman–Crippen LogP) is 1.91. The highest BCUT2D eigenvalue weighted by molar-refractivity contribution is 5.31. The highest BCUT2D eigenvalue weighted by Gasteiger charge is 2.25. The summed E-state index contributed by atoms with van der Waals surface area (Å²) in [6.07, 6.45) is 1.05. The average molecular weight is 224 g/mol. The Morgan fingerprint density at radius 2 is 1.88 bits per heavy atom. The first kappa shape index (κ1) is 12.9. The van der Waals surface area contributed by atoms with Crippen molar-refractivity contribution in [1.29, 1.82) is 0 Å². The van der Waals surface area contributed by atoms with E-state index in [9.17, 15) is 5.11 Å². The van der Waals surface area contributed by atoms with E-state index >= 15 is 0 Å². The van der Waals surface area contributed by atoms with E-state index in [0.29, 0.717) is 11.8 Å². The molecule has 1 N–H and O–H groups in total. The zero-order valence-corrected chi connectivity index (χ0v) is 10.6. The molecule has 0 aliphatic heterocycles. The number of methoxy groups -OCH3 is 1. The van der Waals surface area contributed by atoms with Crippen molar-refractivity contribution in [2.45, 2.75) is 39.7 Å². The van der Waals surface area contributed by atoms with Crippen molar-refractivity contribution >= 4 is 0 Å². The van der Waals surface area contributed by atoms with Crippen LogP contribution in [0, 0.1) is 12.8 Å². The van der Waals surface area contributed by atoms with Crippen molar-refractivity contribution in [2.24, 2.45) is 5.92 Å². The van der Waals surface area contributed by atoms with Gasteiger partial charge in [-0.2, -0.15) is 0 Å². The SMILES string of the molecule is COc1ncnc(C(C(C)C)C(C)O)c1C. The van der Waals surface area contributed by atoms with Crippen LogP contribution in [-0.4, -0.2) is 28.3 Å². The van der Waals surface area contributed by atoms with E-state index in [-0.39, 0.29) is 5.92 Å². The number of hydrogen-bond donors (Lipinski definition) is 1. The summed E-state index contributed by atoms with van der Waals surface area (Å²) in [6.45, 7) is 7.86. The number of nitrogens with zero attached hydrogens (tertiary/aromatic N) is 2. The molecule has 0 radical (unpaired) electrons. The van der Waals surface area contributed by atoms with Gasteiger partial charge >= 0.3 is 0 Å². The van der Waals surface area contributed by atoms with E-state index in [1.165, 1.54) is 6.33 Å². The highest BCUT2D eigenvalue weighted by Crippen LogP contribution is 2.31. The van der Waals surface area contributed by atoms with E-state index in [1.807, 2.05) is 6.92 Å². The second-order valence-corrected chi connectivity index (χ2v) is 4.40. The summed E-state index contributed by atoms with van der Waals surface area (Å²) in [6, 6.07) is 0. The molecule has 2 unspecified atom stereocenters. The maximum Gasteiger partial charge on any atom is 0.219 e. The van der Waals surface area contributed by atoms with E-state index in [1.54, 1.807) is 14.0 Å². The van der Waals surface area contributed by atoms with Gasteiger partial charge in [-0.3, -0.25) is 0 Å². The number of aliphatic hydroxyl groups is 1. The maximum absolute atomic E-state index is 9.82. The lowest BCUT2D eigenvalue weighted by Gasteiger charge is -2.24. The zero-order valence-electron chi connectivity index (χ0n) is 10.6. The number of aromatic nitrogens is 2. The van der Waals surface area contributed by atoms with Gasteiger partial charge in [0.2, 0.25) is 5.88 Å². The summed E-state index contributed by atoms with van der Waals surface area (Å²) >= 11 is 0. The maximum atomic E-state index is 9.82. The van der Waals surface area contributed by atoms with Crippen LogP contribution in [0.1, 0.15) is 37.9 Å². The molecule has 0 spiro atoms. The number of hydrogen-bond acceptors (Lipinski definition) is 4. The molecular formula is C12H20N2O2. The van der Waals surface area contributed by atoms with Gasteiger partial charge in [0.15, 0.2) is 0 Å². The molecule has 16 heavy (non-hydrogen) atoms. The minimum Gasteiger partial charge on any atom is -0.481 e. The Hall–Kier alpha value is -1.16. The Morgan fingerprint density at radius 3 is 2.31 bits per heavy atom. The van der Waals surface area contributed by atoms with Gasteiger partial charge in [0.25, 0.3) is 0 Å². The van der Waals surface area contributed by atoms with Gasteiger partial charge in [0.05, 0.1) is 18.9 Å². The smallest absolute Gasteiger partial charge is 0.219 e. The molecule has 4 heteroatoms. The Balaban J connectivity index is 3.19. The van der Waals surface area contributed by atoms with Crippen LogP contribution in [0.15, 0.2) is 6.33 Å². The van der Waals surface area contributed by atoms with Crippen molar-refractivity contribution in [2.75, 3.05) is 7.11 Å². The molecule has 1 aromatic heterocycles. The van der Waals surface area contributed by atoms with Gasteiger partial charge < -0.3 is 9.84 Å². The van der Waals surface area contributed by atoms with Gasteiger partial charge in [-0.15, -0.1) is 0 Å². The molecule has 2 atom stereocenters. The monoisotopic (exact) mass is 224 g/mol. The number of rotatable bonds is 4. The van der Waals surface area contributed by atoms with Crippen LogP contribution >= 0.6 is 0 Å². The summed E-state index contributed by atoms with van der Waals surface area (Å²) in [5.74, 6) is 0.909. The molecule has 0 aliphatic rings. The predicted molar refractivity (Wildman–Crippen MR) is 62.6 cm³/mol. The highest BCUT2D eigenvalue weighted by atomic mass is 16.5. The van der Waals surface area contributed by atoms with Crippen LogP contribution in [0.25, 0.3) is 0 Å². The summed E-state index contributed by atoms with van der Waals surface area (Å²) in [4.78, 5) is 8.32.